The number of anilines is 1. The molecule has 166 valence electrons. The lowest BCUT2D eigenvalue weighted by atomic mass is 10.3. The summed E-state index contributed by atoms with van der Waals surface area (Å²) in [4.78, 5) is 21.5. The van der Waals surface area contributed by atoms with Crippen molar-refractivity contribution in [3.8, 4) is 17.2 Å². The van der Waals surface area contributed by atoms with E-state index in [4.69, 9.17) is 25.8 Å². The van der Waals surface area contributed by atoms with E-state index in [0.29, 0.717) is 39.5 Å². The zero-order valence-corrected chi connectivity index (χ0v) is 19.6. The topological polar surface area (TPSA) is 64.1 Å². The number of ether oxygens (including phenoxy) is 3. The minimum atomic E-state index is -0.185. The second-order valence-corrected chi connectivity index (χ2v) is 8.48. The van der Waals surface area contributed by atoms with E-state index in [0.717, 1.165) is 17.7 Å². The van der Waals surface area contributed by atoms with Gasteiger partial charge in [0.05, 0.1) is 23.9 Å². The number of nitrogens with zero attached hydrogens (tertiary/aromatic N) is 3. The third-order valence-electron chi connectivity index (χ3n) is 4.59. The van der Waals surface area contributed by atoms with Gasteiger partial charge >= 0.3 is 0 Å². The molecule has 0 unspecified atom stereocenters. The molecule has 0 bridgehead atoms. The molecule has 0 atom stereocenters. The largest absolute Gasteiger partial charge is 0.497 e. The molecule has 0 aliphatic heterocycles. The SMILES string of the molecule is COc1cccc(OCC(=O)N(CCCN(C)C)c2nc3c(OC)ccc(Cl)c3s2)c1. The number of halogens is 1. The molecule has 0 fully saturated rings. The predicted molar refractivity (Wildman–Crippen MR) is 125 cm³/mol. The van der Waals surface area contributed by atoms with E-state index in [1.54, 1.807) is 43.4 Å². The molecule has 3 rings (SSSR count). The first kappa shape index (κ1) is 23.1. The van der Waals surface area contributed by atoms with Gasteiger partial charge in [-0.15, -0.1) is 0 Å². The van der Waals surface area contributed by atoms with Gasteiger partial charge in [-0.1, -0.05) is 29.0 Å². The average Bonchev–Trinajstić information content (AvgIpc) is 3.21. The second kappa shape index (κ2) is 10.7. The molecule has 0 N–H and O–H groups in total. The fraction of sp³-hybridized carbons (Fsp3) is 0.364. The van der Waals surface area contributed by atoms with Crippen molar-refractivity contribution in [2.75, 3.05) is 52.9 Å². The van der Waals surface area contributed by atoms with Gasteiger partial charge < -0.3 is 19.1 Å². The summed E-state index contributed by atoms with van der Waals surface area (Å²) in [6, 6.07) is 10.7. The molecule has 7 nitrogen and oxygen atoms in total. The van der Waals surface area contributed by atoms with Crippen LogP contribution in [0.4, 0.5) is 5.13 Å². The first-order chi connectivity index (χ1) is 14.9. The van der Waals surface area contributed by atoms with Gasteiger partial charge in [0, 0.05) is 12.6 Å². The number of aromatic nitrogens is 1. The standard InChI is InChI=1S/C22H26ClN3O4S/c1-25(2)11-6-12-26(19(27)14-30-16-8-5-7-15(13-16)28-3)22-24-20-18(29-4)10-9-17(23)21(20)31-22/h5,7-10,13H,6,11-12,14H2,1-4H3. The number of thiazole rings is 1. The van der Waals surface area contributed by atoms with Crippen LogP contribution in [0.15, 0.2) is 36.4 Å². The first-order valence-electron chi connectivity index (χ1n) is 9.78. The Morgan fingerprint density at radius 2 is 1.87 bits per heavy atom. The smallest absolute Gasteiger partial charge is 0.266 e. The van der Waals surface area contributed by atoms with Crippen molar-refractivity contribution >= 4 is 44.2 Å². The van der Waals surface area contributed by atoms with Crippen LogP contribution < -0.4 is 19.1 Å². The Balaban J connectivity index is 1.84. The van der Waals surface area contributed by atoms with Gasteiger partial charge in [0.25, 0.3) is 5.91 Å². The fourth-order valence-corrected chi connectivity index (χ4v) is 4.31. The molecule has 1 amide bonds. The molecule has 1 heterocycles. The van der Waals surface area contributed by atoms with Crippen LogP contribution in [0.5, 0.6) is 17.2 Å². The third kappa shape index (κ3) is 5.78. The zero-order chi connectivity index (χ0) is 22.4. The first-order valence-corrected chi connectivity index (χ1v) is 11.0. The van der Waals surface area contributed by atoms with E-state index in [2.05, 4.69) is 9.88 Å². The van der Waals surface area contributed by atoms with Gasteiger partial charge in [-0.3, -0.25) is 9.69 Å². The molecule has 9 heteroatoms. The molecular weight excluding hydrogens is 438 g/mol. The Labute approximate surface area is 191 Å². The predicted octanol–water partition coefficient (Wildman–Crippen LogP) is 4.33. The van der Waals surface area contributed by atoms with Crippen LogP contribution in [0.2, 0.25) is 5.02 Å². The van der Waals surface area contributed by atoms with E-state index < -0.39 is 0 Å². The highest BCUT2D eigenvalue weighted by Crippen LogP contribution is 2.38. The molecule has 0 aliphatic carbocycles. The number of carbonyl (C=O) groups excluding carboxylic acids is 1. The van der Waals surface area contributed by atoms with Crippen LogP contribution >= 0.6 is 22.9 Å². The van der Waals surface area contributed by atoms with Crippen molar-refractivity contribution in [3.63, 3.8) is 0 Å². The number of hydrogen-bond donors (Lipinski definition) is 0. The molecule has 0 aliphatic rings. The Hall–Kier alpha value is -2.55. The summed E-state index contributed by atoms with van der Waals surface area (Å²) in [6.45, 7) is 1.24. The lowest BCUT2D eigenvalue weighted by Crippen LogP contribution is -2.36. The molecule has 0 radical (unpaired) electrons. The number of benzene rings is 2. The molecule has 0 saturated carbocycles. The van der Waals surface area contributed by atoms with Crippen LogP contribution in [-0.4, -0.2) is 63.8 Å². The van der Waals surface area contributed by atoms with Crippen molar-refractivity contribution in [1.29, 1.82) is 0 Å². The van der Waals surface area contributed by atoms with Gasteiger partial charge in [-0.25, -0.2) is 4.98 Å². The minimum absolute atomic E-state index is 0.115. The fourth-order valence-electron chi connectivity index (χ4n) is 3.01. The number of fused-ring (bicyclic) bond motifs is 1. The lowest BCUT2D eigenvalue weighted by molar-refractivity contribution is -0.120. The van der Waals surface area contributed by atoms with Crippen molar-refractivity contribution in [2.45, 2.75) is 6.42 Å². The number of rotatable bonds is 10. The highest BCUT2D eigenvalue weighted by atomic mass is 35.5. The maximum Gasteiger partial charge on any atom is 0.266 e. The van der Waals surface area contributed by atoms with Gasteiger partial charge in [0.2, 0.25) is 0 Å². The zero-order valence-electron chi connectivity index (χ0n) is 18.1. The van der Waals surface area contributed by atoms with Crippen molar-refractivity contribution in [3.05, 3.63) is 41.4 Å². The molecular formula is C22H26ClN3O4S. The summed E-state index contributed by atoms with van der Waals surface area (Å²) in [5.41, 5.74) is 0.647. The Morgan fingerprint density at radius 1 is 1.10 bits per heavy atom. The number of carbonyl (C=O) groups is 1. The third-order valence-corrected chi connectivity index (χ3v) is 6.13. The van der Waals surface area contributed by atoms with Crippen LogP contribution in [0, 0.1) is 0 Å². The second-order valence-electron chi connectivity index (χ2n) is 7.09. The molecule has 2 aromatic carbocycles. The van der Waals surface area contributed by atoms with E-state index in [9.17, 15) is 4.79 Å². The Morgan fingerprint density at radius 3 is 2.58 bits per heavy atom. The summed E-state index contributed by atoms with van der Waals surface area (Å²) >= 11 is 7.74. The summed E-state index contributed by atoms with van der Waals surface area (Å²) in [7, 11) is 7.17. The summed E-state index contributed by atoms with van der Waals surface area (Å²) in [6.07, 6.45) is 0.790. The maximum atomic E-state index is 13.1. The molecule has 3 aromatic rings. The highest BCUT2D eigenvalue weighted by Gasteiger charge is 2.22. The maximum absolute atomic E-state index is 13.1. The van der Waals surface area contributed by atoms with E-state index in [-0.39, 0.29) is 12.5 Å². The van der Waals surface area contributed by atoms with E-state index in [1.165, 1.54) is 11.3 Å². The average molecular weight is 464 g/mol. The normalized spacial score (nSPS) is 11.0. The van der Waals surface area contributed by atoms with Crippen molar-refractivity contribution in [2.24, 2.45) is 0 Å². The van der Waals surface area contributed by atoms with Crippen molar-refractivity contribution < 1.29 is 19.0 Å². The van der Waals surface area contributed by atoms with Gasteiger partial charge in [0.1, 0.15) is 22.8 Å². The number of hydrogen-bond acceptors (Lipinski definition) is 7. The number of amides is 1. The summed E-state index contributed by atoms with van der Waals surface area (Å²) < 4.78 is 17.1. The summed E-state index contributed by atoms with van der Waals surface area (Å²) in [5, 5.41) is 1.15. The minimum Gasteiger partial charge on any atom is -0.497 e. The van der Waals surface area contributed by atoms with Crippen molar-refractivity contribution in [1.82, 2.24) is 9.88 Å². The molecule has 0 spiro atoms. The van der Waals surface area contributed by atoms with Crippen LogP contribution in [0.25, 0.3) is 10.2 Å². The van der Waals surface area contributed by atoms with Crippen LogP contribution in [0.1, 0.15) is 6.42 Å². The number of methoxy groups -OCH3 is 2. The highest BCUT2D eigenvalue weighted by molar-refractivity contribution is 7.23. The van der Waals surface area contributed by atoms with Gasteiger partial charge in [-0.05, 0) is 51.3 Å². The Kier molecular flexibility index (Phi) is 7.95. The monoisotopic (exact) mass is 463 g/mol. The van der Waals surface area contributed by atoms with E-state index >= 15 is 0 Å². The van der Waals surface area contributed by atoms with Gasteiger partial charge in [0.15, 0.2) is 11.7 Å². The summed E-state index contributed by atoms with van der Waals surface area (Å²) in [5.74, 6) is 1.67. The van der Waals surface area contributed by atoms with Crippen LogP contribution in [-0.2, 0) is 4.79 Å². The molecule has 1 aromatic heterocycles. The van der Waals surface area contributed by atoms with Crippen LogP contribution in [0.3, 0.4) is 0 Å². The molecule has 0 saturated heterocycles. The van der Waals surface area contributed by atoms with Gasteiger partial charge in [-0.2, -0.15) is 0 Å². The lowest BCUT2D eigenvalue weighted by Gasteiger charge is -2.21. The quantitative estimate of drug-likeness (QED) is 0.446. The Bertz CT molecular complexity index is 1040. The molecule has 31 heavy (non-hydrogen) atoms. The van der Waals surface area contributed by atoms with E-state index in [1.807, 2.05) is 26.2 Å².